The van der Waals surface area contributed by atoms with Crippen LogP contribution in [0.5, 0.6) is 0 Å². The zero-order valence-electron chi connectivity index (χ0n) is 13.9. The zero-order valence-corrected chi connectivity index (χ0v) is 13.9. The molecule has 2 fully saturated rings. The third kappa shape index (κ3) is 2.60. The molecule has 0 radical (unpaired) electrons. The number of hydrogen-bond acceptors (Lipinski definition) is 6. The van der Waals surface area contributed by atoms with Crippen molar-refractivity contribution in [2.24, 2.45) is 18.7 Å². The predicted octanol–water partition coefficient (Wildman–Crippen LogP) is 0.139. The number of piperazine rings is 1. The Balaban J connectivity index is 1.45. The summed E-state index contributed by atoms with van der Waals surface area (Å²) < 4.78 is 1.75. The van der Waals surface area contributed by atoms with Crippen molar-refractivity contribution in [2.75, 3.05) is 31.1 Å². The fourth-order valence-electron chi connectivity index (χ4n) is 3.84. The second kappa shape index (κ2) is 6.01. The van der Waals surface area contributed by atoms with E-state index < -0.39 is 0 Å². The smallest absolute Gasteiger partial charge is 0.225 e. The van der Waals surface area contributed by atoms with E-state index in [4.69, 9.17) is 5.73 Å². The molecule has 2 unspecified atom stereocenters. The average molecular weight is 329 g/mol. The second-order valence-electron chi connectivity index (χ2n) is 6.79. The van der Waals surface area contributed by atoms with E-state index in [2.05, 4.69) is 20.0 Å². The van der Waals surface area contributed by atoms with E-state index in [-0.39, 0.29) is 17.9 Å². The number of nitrogens with two attached hydrogens (primary N) is 1. The van der Waals surface area contributed by atoms with Crippen molar-refractivity contribution in [1.82, 2.24) is 24.6 Å². The van der Waals surface area contributed by atoms with Crippen molar-refractivity contribution in [3.63, 3.8) is 0 Å². The number of rotatable bonds is 2. The standard InChI is InChI=1S/C16H23N7O/c1-21-14-13(9-20-21)15(19-10-18-14)22-4-6-23(7-5-22)16(24)11-2-3-12(17)8-11/h9-12H,2-8,17H2,1H3. The van der Waals surface area contributed by atoms with Crippen LogP contribution < -0.4 is 10.6 Å². The monoisotopic (exact) mass is 329 g/mol. The molecule has 1 saturated heterocycles. The lowest BCUT2D eigenvalue weighted by Crippen LogP contribution is -2.50. The van der Waals surface area contributed by atoms with Crippen molar-refractivity contribution >= 4 is 22.8 Å². The van der Waals surface area contributed by atoms with E-state index in [1.54, 1.807) is 11.0 Å². The van der Waals surface area contributed by atoms with Crippen LogP contribution in [0.4, 0.5) is 5.82 Å². The van der Waals surface area contributed by atoms with Crippen molar-refractivity contribution in [3.05, 3.63) is 12.5 Å². The van der Waals surface area contributed by atoms with Crippen molar-refractivity contribution in [3.8, 4) is 0 Å². The number of carbonyl (C=O) groups excluding carboxylic acids is 1. The van der Waals surface area contributed by atoms with Crippen LogP contribution in [-0.4, -0.2) is 62.8 Å². The first-order valence-electron chi connectivity index (χ1n) is 8.55. The van der Waals surface area contributed by atoms with Gasteiger partial charge >= 0.3 is 0 Å². The summed E-state index contributed by atoms with van der Waals surface area (Å²) in [5.41, 5.74) is 6.78. The largest absolute Gasteiger partial charge is 0.352 e. The minimum atomic E-state index is 0.121. The Bertz CT molecular complexity index is 750. The summed E-state index contributed by atoms with van der Waals surface area (Å²) in [7, 11) is 1.88. The first kappa shape index (κ1) is 15.3. The van der Waals surface area contributed by atoms with E-state index in [0.717, 1.165) is 62.3 Å². The van der Waals surface area contributed by atoms with Crippen LogP contribution in [0.15, 0.2) is 12.5 Å². The van der Waals surface area contributed by atoms with Gasteiger partial charge in [0.2, 0.25) is 5.91 Å². The van der Waals surface area contributed by atoms with Gasteiger partial charge in [0.1, 0.15) is 12.1 Å². The van der Waals surface area contributed by atoms with Crippen LogP contribution >= 0.6 is 0 Å². The summed E-state index contributed by atoms with van der Waals surface area (Å²) in [4.78, 5) is 25.6. The van der Waals surface area contributed by atoms with Gasteiger partial charge < -0.3 is 15.5 Å². The first-order chi connectivity index (χ1) is 11.6. The van der Waals surface area contributed by atoms with Gasteiger partial charge in [-0.15, -0.1) is 0 Å². The number of fused-ring (bicyclic) bond motifs is 1. The summed E-state index contributed by atoms with van der Waals surface area (Å²) in [6.07, 6.45) is 6.12. The predicted molar refractivity (Wildman–Crippen MR) is 90.4 cm³/mol. The van der Waals surface area contributed by atoms with Gasteiger partial charge in [-0.3, -0.25) is 9.48 Å². The second-order valence-corrected chi connectivity index (χ2v) is 6.79. The fourth-order valence-corrected chi connectivity index (χ4v) is 3.84. The highest BCUT2D eigenvalue weighted by Crippen LogP contribution is 2.27. The number of aryl methyl sites for hydroxylation is 1. The maximum absolute atomic E-state index is 12.6. The van der Waals surface area contributed by atoms with Gasteiger partial charge in [-0.25, -0.2) is 9.97 Å². The molecular formula is C16H23N7O. The summed E-state index contributed by atoms with van der Waals surface area (Å²) in [6, 6.07) is 0.195. The molecule has 1 aliphatic carbocycles. The number of carbonyl (C=O) groups is 1. The van der Waals surface area contributed by atoms with E-state index >= 15 is 0 Å². The molecular weight excluding hydrogens is 306 g/mol. The Hall–Kier alpha value is -2.22. The molecule has 8 nitrogen and oxygen atoms in total. The first-order valence-corrected chi connectivity index (χ1v) is 8.55. The molecule has 2 atom stereocenters. The normalized spacial score (nSPS) is 24.8. The molecule has 24 heavy (non-hydrogen) atoms. The molecule has 3 heterocycles. The molecule has 2 aromatic heterocycles. The fraction of sp³-hybridized carbons (Fsp3) is 0.625. The van der Waals surface area contributed by atoms with E-state index in [0.29, 0.717) is 0 Å². The number of aromatic nitrogens is 4. The number of nitrogens with zero attached hydrogens (tertiary/aromatic N) is 6. The minimum absolute atomic E-state index is 0.121. The molecule has 1 saturated carbocycles. The van der Waals surface area contributed by atoms with Crippen LogP contribution in [0.3, 0.4) is 0 Å². The summed E-state index contributed by atoms with van der Waals surface area (Å²) in [5.74, 6) is 1.30. The van der Waals surface area contributed by atoms with Crippen LogP contribution in [0.25, 0.3) is 11.0 Å². The Kier molecular flexibility index (Phi) is 3.84. The van der Waals surface area contributed by atoms with Crippen LogP contribution in [-0.2, 0) is 11.8 Å². The van der Waals surface area contributed by atoms with Gasteiger partial charge in [0.25, 0.3) is 0 Å². The van der Waals surface area contributed by atoms with Crippen LogP contribution in [0.2, 0.25) is 0 Å². The van der Waals surface area contributed by atoms with Gasteiger partial charge in [0.15, 0.2) is 5.65 Å². The Morgan fingerprint density at radius 2 is 2.00 bits per heavy atom. The molecule has 128 valence electrons. The Labute approximate surface area is 140 Å². The molecule has 8 heteroatoms. The number of hydrogen-bond donors (Lipinski definition) is 1. The Morgan fingerprint density at radius 1 is 1.21 bits per heavy atom. The maximum Gasteiger partial charge on any atom is 0.225 e. The highest BCUT2D eigenvalue weighted by molar-refractivity contribution is 5.87. The molecule has 4 rings (SSSR count). The molecule has 0 aromatic carbocycles. The van der Waals surface area contributed by atoms with Crippen molar-refractivity contribution < 1.29 is 4.79 Å². The lowest BCUT2D eigenvalue weighted by Gasteiger charge is -2.36. The molecule has 2 aliphatic rings. The van der Waals surface area contributed by atoms with E-state index in [1.807, 2.05) is 18.1 Å². The molecule has 0 bridgehead atoms. The van der Waals surface area contributed by atoms with Crippen LogP contribution in [0.1, 0.15) is 19.3 Å². The zero-order chi connectivity index (χ0) is 16.7. The van der Waals surface area contributed by atoms with Gasteiger partial charge in [0, 0.05) is 45.2 Å². The summed E-state index contributed by atoms with van der Waals surface area (Å²) >= 11 is 0. The van der Waals surface area contributed by atoms with Gasteiger partial charge in [-0.1, -0.05) is 0 Å². The number of anilines is 1. The third-order valence-corrected chi connectivity index (χ3v) is 5.22. The number of amides is 1. The van der Waals surface area contributed by atoms with Gasteiger partial charge in [-0.2, -0.15) is 5.10 Å². The molecule has 2 N–H and O–H groups in total. The molecule has 2 aromatic rings. The topological polar surface area (TPSA) is 93.2 Å². The highest BCUT2D eigenvalue weighted by atomic mass is 16.2. The Morgan fingerprint density at radius 3 is 2.71 bits per heavy atom. The third-order valence-electron chi connectivity index (χ3n) is 5.22. The van der Waals surface area contributed by atoms with E-state index in [9.17, 15) is 4.79 Å². The van der Waals surface area contributed by atoms with Gasteiger partial charge in [0.05, 0.1) is 11.6 Å². The van der Waals surface area contributed by atoms with Crippen LogP contribution in [0, 0.1) is 5.92 Å². The maximum atomic E-state index is 12.6. The minimum Gasteiger partial charge on any atom is -0.352 e. The quantitative estimate of drug-likeness (QED) is 0.842. The molecule has 0 spiro atoms. The lowest BCUT2D eigenvalue weighted by molar-refractivity contribution is -0.135. The highest BCUT2D eigenvalue weighted by Gasteiger charge is 2.32. The van der Waals surface area contributed by atoms with Crippen molar-refractivity contribution in [2.45, 2.75) is 25.3 Å². The molecule has 1 aliphatic heterocycles. The SMILES string of the molecule is Cn1ncc2c(N3CCN(C(=O)C4CCC(N)C4)CC3)ncnc21. The average Bonchev–Trinajstić information content (AvgIpc) is 3.21. The summed E-state index contributed by atoms with van der Waals surface area (Å²) in [6.45, 7) is 3.03. The van der Waals surface area contributed by atoms with Crippen molar-refractivity contribution in [1.29, 1.82) is 0 Å². The lowest BCUT2D eigenvalue weighted by atomic mass is 10.1. The van der Waals surface area contributed by atoms with Gasteiger partial charge in [-0.05, 0) is 19.3 Å². The molecule has 1 amide bonds. The van der Waals surface area contributed by atoms with E-state index in [1.165, 1.54) is 0 Å². The summed E-state index contributed by atoms with van der Waals surface area (Å²) in [5, 5.41) is 5.22.